The van der Waals surface area contributed by atoms with Crippen molar-refractivity contribution in [2.45, 2.75) is 33.2 Å². The van der Waals surface area contributed by atoms with Crippen molar-refractivity contribution in [3.05, 3.63) is 74.3 Å². The number of anilines is 2. The van der Waals surface area contributed by atoms with Crippen LogP contribution < -0.4 is 16.2 Å². The van der Waals surface area contributed by atoms with E-state index >= 15 is 0 Å². The summed E-state index contributed by atoms with van der Waals surface area (Å²) in [5.74, 6) is -1.42. The highest BCUT2D eigenvalue weighted by atomic mass is 32.1. The summed E-state index contributed by atoms with van der Waals surface area (Å²) in [6.45, 7) is 4.13. The lowest BCUT2D eigenvalue weighted by Gasteiger charge is -2.10. The van der Waals surface area contributed by atoms with Crippen molar-refractivity contribution in [2.24, 2.45) is 0 Å². The number of benzene rings is 2. The topological polar surface area (TPSA) is 99.6 Å². The number of nitrogens with two attached hydrogens (primary N) is 1. The maximum Gasteiger partial charge on any atom is 0.515 e. The molecule has 3 aromatic rings. The Morgan fingerprint density at radius 2 is 1.87 bits per heavy atom. The van der Waals surface area contributed by atoms with Crippen LogP contribution in [0.4, 0.5) is 11.4 Å². The number of hydrogen-bond acceptors (Lipinski definition) is 6. The number of nitrogens with zero attached hydrogens (tertiary/aromatic N) is 1. The average molecular weight is 434 g/mol. The molecule has 6 nitrogen and oxygen atoms in total. The maximum atomic E-state index is 11.7. The van der Waals surface area contributed by atoms with Crippen molar-refractivity contribution >= 4 is 34.6 Å². The lowest BCUT2D eigenvalue weighted by atomic mass is 9.99. The van der Waals surface area contributed by atoms with Gasteiger partial charge in [-0.3, -0.25) is 0 Å². The molecule has 31 heavy (non-hydrogen) atoms. The van der Waals surface area contributed by atoms with Crippen molar-refractivity contribution < 1.29 is 14.7 Å². The van der Waals surface area contributed by atoms with E-state index < -0.39 is 5.97 Å². The summed E-state index contributed by atoms with van der Waals surface area (Å²) in [4.78, 5) is 27.8. The van der Waals surface area contributed by atoms with Crippen molar-refractivity contribution in [3.8, 4) is 17.2 Å². The van der Waals surface area contributed by atoms with Gasteiger partial charge in [0.15, 0.2) is 0 Å². The molecule has 0 aliphatic carbocycles. The molecule has 3 N–H and O–H groups in total. The maximum absolute atomic E-state index is 11.7. The van der Waals surface area contributed by atoms with E-state index in [2.05, 4.69) is 16.2 Å². The van der Waals surface area contributed by atoms with Crippen LogP contribution in [0.15, 0.2) is 48.5 Å². The highest BCUT2D eigenvalue weighted by molar-refractivity contribution is 7.15. The molecule has 7 heteroatoms. The number of carbonyl (C=O) groups is 2. The van der Waals surface area contributed by atoms with Crippen LogP contribution in [0, 0.1) is 13.0 Å². The van der Waals surface area contributed by atoms with E-state index in [9.17, 15) is 14.7 Å². The second-order valence-electron chi connectivity index (χ2n) is 7.03. The minimum Gasteiger partial charge on any atom is -0.544 e. The van der Waals surface area contributed by atoms with Gasteiger partial charge in [-0.25, -0.2) is 4.79 Å². The number of carboxylic acids is 1. The number of rotatable bonds is 7. The summed E-state index contributed by atoms with van der Waals surface area (Å²) in [6.07, 6.45) is 1.16. The molecule has 0 aliphatic rings. The monoisotopic (exact) mass is 433 g/mol. The minimum atomic E-state index is -1.24. The SMILES string of the molecule is CCCC(=O)[N+]#Cc1ccccc1-c1ccc(CNc2c(C(=O)[O-])sc(C)c2N)cc1. The van der Waals surface area contributed by atoms with E-state index in [0.717, 1.165) is 44.9 Å². The Kier molecular flexibility index (Phi) is 7.06. The fourth-order valence-electron chi connectivity index (χ4n) is 3.09. The molecule has 0 atom stereocenters. The molecule has 1 aromatic heterocycles. The number of thiophene rings is 1. The van der Waals surface area contributed by atoms with Gasteiger partial charge in [0, 0.05) is 21.8 Å². The van der Waals surface area contributed by atoms with Crippen LogP contribution in [0.2, 0.25) is 0 Å². The van der Waals surface area contributed by atoms with Crippen molar-refractivity contribution in [1.82, 2.24) is 0 Å². The number of nitrogens with one attached hydrogen (secondary N) is 1. The zero-order valence-corrected chi connectivity index (χ0v) is 18.2. The summed E-state index contributed by atoms with van der Waals surface area (Å²) >= 11 is 1.11. The number of carboxylic acid groups (broad SMARTS) is 1. The molecule has 1 heterocycles. The van der Waals surface area contributed by atoms with E-state index in [0.29, 0.717) is 24.3 Å². The zero-order chi connectivity index (χ0) is 22.4. The molecule has 3 rings (SSSR count). The number of nitrogen functional groups attached to an aromatic ring is 1. The Bertz CT molecular complexity index is 1170. The molecule has 158 valence electrons. The third kappa shape index (κ3) is 5.30. The van der Waals surface area contributed by atoms with Gasteiger partial charge in [-0.05, 0) is 30.5 Å². The average Bonchev–Trinajstić information content (AvgIpc) is 3.06. The fourth-order valence-corrected chi connectivity index (χ4v) is 3.98. The molecular weight excluding hydrogens is 410 g/mol. The molecule has 0 bridgehead atoms. The number of hydrogen-bond donors (Lipinski definition) is 2. The van der Waals surface area contributed by atoms with Gasteiger partial charge in [-0.2, -0.15) is 0 Å². The Hall–Kier alpha value is -3.63. The van der Waals surface area contributed by atoms with Crippen LogP contribution in [0.25, 0.3) is 16.0 Å². The largest absolute Gasteiger partial charge is 0.544 e. The molecule has 0 saturated heterocycles. The van der Waals surface area contributed by atoms with Gasteiger partial charge >= 0.3 is 12.0 Å². The van der Waals surface area contributed by atoms with E-state index in [4.69, 9.17) is 5.73 Å². The normalized spacial score (nSPS) is 10.3. The molecule has 1 amide bonds. The Balaban J connectivity index is 1.78. The molecular formula is C24H23N3O3S. The molecule has 0 radical (unpaired) electrons. The summed E-state index contributed by atoms with van der Waals surface area (Å²) in [7, 11) is 0. The third-order valence-electron chi connectivity index (χ3n) is 4.74. The molecule has 0 unspecified atom stereocenters. The predicted molar refractivity (Wildman–Crippen MR) is 123 cm³/mol. The van der Waals surface area contributed by atoms with Crippen LogP contribution in [-0.2, 0) is 11.3 Å². The lowest BCUT2D eigenvalue weighted by molar-refractivity contribution is -0.254. The van der Waals surface area contributed by atoms with Crippen LogP contribution >= 0.6 is 11.3 Å². The summed E-state index contributed by atoms with van der Waals surface area (Å²) in [5.41, 5.74) is 10.4. The lowest BCUT2D eigenvalue weighted by Crippen LogP contribution is -2.22. The van der Waals surface area contributed by atoms with Crippen molar-refractivity contribution in [3.63, 3.8) is 0 Å². The van der Waals surface area contributed by atoms with Crippen LogP contribution in [0.1, 0.15) is 45.4 Å². The minimum absolute atomic E-state index is 0.105. The van der Waals surface area contributed by atoms with Gasteiger partial charge in [0.2, 0.25) is 0 Å². The van der Waals surface area contributed by atoms with Gasteiger partial charge in [-0.1, -0.05) is 49.4 Å². The van der Waals surface area contributed by atoms with E-state index in [1.54, 1.807) is 6.92 Å². The van der Waals surface area contributed by atoms with Crippen molar-refractivity contribution in [1.29, 1.82) is 0 Å². The quantitative estimate of drug-likeness (QED) is 0.579. The highest BCUT2D eigenvalue weighted by Gasteiger charge is 2.14. The third-order valence-corrected chi connectivity index (χ3v) is 5.84. The van der Waals surface area contributed by atoms with Crippen LogP contribution in [-0.4, -0.2) is 11.9 Å². The smallest absolute Gasteiger partial charge is 0.515 e. The molecule has 0 saturated carbocycles. The number of aryl methyl sites for hydroxylation is 1. The van der Waals surface area contributed by atoms with Gasteiger partial charge < -0.3 is 21.0 Å². The van der Waals surface area contributed by atoms with E-state index in [1.807, 2.05) is 55.5 Å². The van der Waals surface area contributed by atoms with Crippen LogP contribution in [0.5, 0.6) is 0 Å². The van der Waals surface area contributed by atoms with Crippen LogP contribution in [0.3, 0.4) is 0 Å². The summed E-state index contributed by atoms with van der Waals surface area (Å²) in [6, 6.07) is 18.3. The first-order valence-electron chi connectivity index (χ1n) is 9.92. The Morgan fingerprint density at radius 1 is 1.16 bits per heavy atom. The summed E-state index contributed by atoms with van der Waals surface area (Å²) in [5, 5.41) is 14.4. The molecule has 2 aromatic carbocycles. The molecule has 0 fully saturated rings. The highest BCUT2D eigenvalue weighted by Crippen LogP contribution is 2.35. The second kappa shape index (κ2) is 9.92. The zero-order valence-electron chi connectivity index (χ0n) is 17.4. The Morgan fingerprint density at radius 3 is 2.55 bits per heavy atom. The number of carbonyl (C=O) groups excluding carboxylic acids is 2. The van der Waals surface area contributed by atoms with Gasteiger partial charge in [-0.15, -0.1) is 11.3 Å². The van der Waals surface area contributed by atoms with Gasteiger partial charge in [0.1, 0.15) is 5.56 Å². The van der Waals surface area contributed by atoms with E-state index in [-0.39, 0.29) is 10.8 Å². The number of amides is 1. The molecule has 0 aliphatic heterocycles. The second-order valence-corrected chi connectivity index (χ2v) is 8.25. The standard InChI is InChI=1S/C24H23N3O3S/c1-3-6-20(28)26-14-18-7-4-5-8-19(18)17-11-9-16(10-12-17)13-27-22-21(25)15(2)31-23(22)24(29)30/h4-5,7-12,27H,3,6,13,25H2,1-2H3. The fraction of sp³-hybridized carbons (Fsp3) is 0.208. The molecule has 0 spiro atoms. The van der Waals surface area contributed by atoms with E-state index in [1.165, 1.54) is 0 Å². The number of aromatic carboxylic acids is 1. The summed E-state index contributed by atoms with van der Waals surface area (Å²) < 4.78 is 0. The first-order valence-corrected chi connectivity index (χ1v) is 10.7. The Labute approximate surface area is 185 Å². The first kappa shape index (κ1) is 22.1. The first-order chi connectivity index (χ1) is 14.9. The predicted octanol–water partition coefficient (Wildman–Crippen LogP) is 4.29. The van der Waals surface area contributed by atoms with Gasteiger partial charge in [0.05, 0.1) is 28.6 Å². The van der Waals surface area contributed by atoms with Crippen molar-refractivity contribution in [2.75, 3.05) is 11.1 Å². The van der Waals surface area contributed by atoms with Gasteiger partial charge in [0.25, 0.3) is 0 Å².